The number of hydrogen-bond donors (Lipinski definition) is 1. The average molecular weight is 491 g/mol. The molecule has 0 aliphatic carbocycles. The second kappa shape index (κ2) is 10.4. The van der Waals surface area contributed by atoms with E-state index in [-0.39, 0.29) is 24.4 Å². The minimum atomic E-state index is -0.833. The normalized spacial score (nSPS) is 36.6. The van der Waals surface area contributed by atoms with Crippen LogP contribution < -0.4 is 0 Å². The molecule has 4 aliphatic rings. The van der Waals surface area contributed by atoms with Gasteiger partial charge < -0.3 is 19.6 Å². The Morgan fingerprint density at radius 1 is 1.06 bits per heavy atom. The Kier molecular flexibility index (Phi) is 7.77. The molecule has 2 amide bonds. The van der Waals surface area contributed by atoms with Crippen LogP contribution in [0, 0.1) is 11.8 Å². The summed E-state index contributed by atoms with van der Waals surface area (Å²) in [7, 11) is 0. The summed E-state index contributed by atoms with van der Waals surface area (Å²) in [4.78, 5) is 44.9. The van der Waals surface area contributed by atoms with Crippen molar-refractivity contribution in [3.05, 3.63) is 24.3 Å². The van der Waals surface area contributed by atoms with Crippen molar-refractivity contribution in [2.24, 2.45) is 11.8 Å². The van der Waals surface area contributed by atoms with Gasteiger partial charge in [0, 0.05) is 31.0 Å². The molecule has 7 nitrogen and oxygen atoms in total. The zero-order valence-electron chi connectivity index (χ0n) is 20.4. The number of amides is 2. The Bertz CT molecular complexity index is 860. The van der Waals surface area contributed by atoms with E-state index in [1.165, 1.54) is 0 Å². The number of likely N-dealkylation sites (tertiary alicyclic amines) is 1. The number of carbonyl (C=O) groups excluding carboxylic acids is 3. The maximum Gasteiger partial charge on any atom is 0.311 e. The van der Waals surface area contributed by atoms with Gasteiger partial charge in [-0.3, -0.25) is 14.4 Å². The summed E-state index contributed by atoms with van der Waals surface area (Å²) in [5.41, 5.74) is 0. The van der Waals surface area contributed by atoms with E-state index in [0.29, 0.717) is 32.7 Å². The van der Waals surface area contributed by atoms with Gasteiger partial charge in [-0.2, -0.15) is 0 Å². The molecular weight excluding hydrogens is 452 g/mol. The fourth-order valence-corrected chi connectivity index (χ4v) is 8.23. The monoisotopic (exact) mass is 490 g/mol. The van der Waals surface area contributed by atoms with Gasteiger partial charge in [0.1, 0.15) is 6.04 Å². The Balaban J connectivity index is 1.78. The Hall–Kier alpha value is -1.80. The number of carbonyl (C=O) groups is 3. The van der Waals surface area contributed by atoms with Crippen LogP contribution in [0.3, 0.4) is 0 Å². The van der Waals surface area contributed by atoms with Crippen LogP contribution >= 0.6 is 11.8 Å². The molecule has 0 saturated carbocycles. The molecule has 1 N–H and O–H groups in total. The maximum absolute atomic E-state index is 14.0. The number of allylic oxidation sites excluding steroid dienone is 1. The predicted molar refractivity (Wildman–Crippen MR) is 132 cm³/mol. The van der Waals surface area contributed by atoms with Crippen molar-refractivity contribution < 1.29 is 24.2 Å². The minimum Gasteiger partial charge on any atom is -0.465 e. The largest absolute Gasteiger partial charge is 0.465 e. The van der Waals surface area contributed by atoms with Crippen molar-refractivity contribution >= 4 is 29.5 Å². The lowest BCUT2D eigenvalue weighted by Crippen LogP contribution is -2.53. The van der Waals surface area contributed by atoms with E-state index in [9.17, 15) is 19.5 Å². The highest BCUT2D eigenvalue weighted by atomic mass is 32.2. The molecule has 0 bridgehead atoms. The molecule has 1 unspecified atom stereocenters. The van der Waals surface area contributed by atoms with E-state index in [1.54, 1.807) is 16.7 Å². The van der Waals surface area contributed by atoms with E-state index in [2.05, 4.69) is 19.1 Å². The van der Waals surface area contributed by atoms with Crippen LogP contribution in [0.4, 0.5) is 0 Å². The molecule has 1 spiro atoms. The molecule has 0 radical (unpaired) electrons. The molecule has 188 valence electrons. The fraction of sp³-hybridized carbons (Fsp3) is 0.731. The van der Waals surface area contributed by atoms with Crippen LogP contribution in [-0.2, 0) is 19.1 Å². The maximum atomic E-state index is 14.0. The minimum absolute atomic E-state index is 0.0490. The number of hydrogen-bond acceptors (Lipinski definition) is 6. The molecule has 34 heavy (non-hydrogen) atoms. The number of ether oxygens (including phenoxy) is 1. The SMILES string of the molecule is CCCCCN1CC=C[C@]23S[C@@]4(C)/C=C\CCCCOC(=O)[C@H]4[C@H]2C(=O)N(CCCO)C3C1=O. The molecule has 5 atom stereocenters. The first-order chi connectivity index (χ1) is 16.4. The van der Waals surface area contributed by atoms with Crippen LogP contribution in [0.2, 0.25) is 0 Å². The molecule has 0 aromatic heterocycles. The standard InChI is InChI=1S/C26H38N2O5S/c1-3-4-8-14-27-15-10-13-26-19(22(30)28(16-11-17-29)21(26)23(27)31)20-24(32)33-18-9-6-5-7-12-25(20,2)34-26/h7,10,12-13,19-21,29H,3-6,8-9,11,14-18H2,1-2H3/b12-7-/t19-,20+,21?,25-,26-/m0/s1. The van der Waals surface area contributed by atoms with Crippen molar-refractivity contribution in [3.63, 3.8) is 0 Å². The van der Waals surface area contributed by atoms with Crippen LogP contribution in [0.5, 0.6) is 0 Å². The van der Waals surface area contributed by atoms with Gasteiger partial charge in [0.25, 0.3) is 0 Å². The third-order valence-corrected chi connectivity index (χ3v) is 9.47. The van der Waals surface area contributed by atoms with E-state index in [1.807, 2.05) is 24.0 Å². The Labute approximate surface area is 206 Å². The molecule has 0 aromatic rings. The fourth-order valence-electron chi connectivity index (χ4n) is 6.08. The predicted octanol–water partition coefficient (Wildman–Crippen LogP) is 2.93. The van der Waals surface area contributed by atoms with Gasteiger partial charge in [0.05, 0.1) is 23.2 Å². The summed E-state index contributed by atoms with van der Waals surface area (Å²) >= 11 is 1.58. The molecule has 4 heterocycles. The van der Waals surface area contributed by atoms with Gasteiger partial charge >= 0.3 is 5.97 Å². The average Bonchev–Trinajstić information content (AvgIpc) is 3.14. The highest BCUT2D eigenvalue weighted by Gasteiger charge is 2.73. The summed E-state index contributed by atoms with van der Waals surface area (Å²) in [6.45, 7) is 5.92. The van der Waals surface area contributed by atoms with E-state index in [0.717, 1.165) is 38.5 Å². The summed E-state index contributed by atoms with van der Waals surface area (Å²) in [5, 5.41) is 9.49. The second-order valence-corrected chi connectivity index (χ2v) is 11.9. The van der Waals surface area contributed by atoms with Gasteiger partial charge in [-0.25, -0.2) is 0 Å². The first kappa shape index (κ1) is 25.3. The van der Waals surface area contributed by atoms with Gasteiger partial charge in [0.2, 0.25) is 11.8 Å². The lowest BCUT2D eigenvalue weighted by molar-refractivity contribution is -0.154. The van der Waals surface area contributed by atoms with E-state index < -0.39 is 27.4 Å². The number of unbranched alkanes of at least 4 members (excludes halogenated alkanes) is 2. The van der Waals surface area contributed by atoms with Crippen LogP contribution in [0.15, 0.2) is 24.3 Å². The number of cyclic esters (lactones) is 1. The summed E-state index contributed by atoms with van der Waals surface area (Å²) in [6.07, 6.45) is 14.3. The quantitative estimate of drug-likeness (QED) is 0.335. The second-order valence-electron chi connectivity index (χ2n) is 10.1. The van der Waals surface area contributed by atoms with Crippen molar-refractivity contribution in [3.8, 4) is 0 Å². The van der Waals surface area contributed by atoms with Crippen LogP contribution in [-0.4, -0.2) is 81.1 Å². The number of aliphatic hydroxyl groups is 1. The number of aliphatic hydroxyl groups excluding tert-OH is 1. The van der Waals surface area contributed by atoms with Crippen molar-refractivity contribution in [2.75, 3.05) is 32.8 Å². The third kappa shape index (κ3) is 4.32. The van der Waals surface area contributed by atoms with Gasteiger partial charge in [-0.05, 0) is 39.0 Å². The van der Waals surface area contributed by atoms with Crippen molar-refractivity contribution in [1.82, 2.24) is 9.80 Å². The van der Waals surface area contributed by atoms with Gasteiger partial charge in [-0.1, -0.05) is 44.1 Å². The molecule has 2 saturated heterocycles. The summed E-state index contributed by atoms with van der Waals surface area (Å²) in [5.74, 6) is -1.89. The summed E-state index contributed by atoms with van der Waals surface area (Å²) < 4.78 is 4.20. The number of thioether (sulfide) groups is 1. The molecule has 4 aliphatic heterocycles. The number of nitrogens with zero attached hydrogens (tertiary/aromatic N) is 2. The van der Waals surface area contributed by atoms with Crippen molar-refractivity contribution in [2.45, 2.75) is 74.3 Å². The Morgan fingerprint density at radius 3 is 2.65 bits per heavy atom. The number of esters is 1. The Morgan fingerprint density at radius 2 is 1.88 bits per heavy atom. The molecular formula is C26H38N2O5S. The van der Waals surface area contributed by atoms with Gasteiger partial charge in [0.15, 0.2) is 0 Å². The number of fused-ring (bicyclic) bond motifs is 2. The first-order valence-corrected chi connectivity index (χ1v) is 13.6. The smallest absolute Gasteiger partial charge is 0.311 e. The number of rotatable bonds is 7. The zero-order chi connectivity index (χ0) is 24.3. The lowest BCUT2D eigenvalue weighted by Gasteiger charge is -2.37. The molecule has 2 fully saturated rings. The first-order valence-electron chi connectivity index (χ1n) is 12.8. The highest BCUT2D eigenvalue weighted by molar-refractivity contribution is 8.02. The molecule has 0 aromatic carbocycles. The zero-order valence-corrected chi connectivity index (χ0v) is 21.2. The van der Waals surface area contributed by atoms with Crippen molar-refractivity contribution in [1.29, 1.82) is 0 Å². The van der Waals surface area contributed by atoms with Crippen LogP contribution in [0.25, 0.3) is 0 Å². The van der Waals surface area contributed by atoms with Gasteiger partial charge in [-0.15, -0.1) is 11.8 Å². The topological polar surface area (TPSA) is 87.2 Å². The van der Waals surface area contributed by atoms with Crippen LogP contribution in [0.1, 0.15) is 58.8 Å². The lowest BCUT2D eigenvalue weighted by atomic mass is 9.74. The third-order valence-electron chi connectivity index (χ3n) is 7.67. The van der Waals surface area contributed by atoms with E-state index in [4.69, 9.17) is 4.74 Å². The molecule has 4 rings (SSSR count). The highest BCUT2D eigenvalue weighted by Crippen LogP contribution is 2.65. The van der Waals surface area contributed by atoms with E-state index >= 15 is 0 Å². The summed E-state index contributed by atoms with van der Waals surface area (Å²) in [6, 6.07) is -0.683. The molecule has 8 heteroatoms.